The summed E-state index contributed by atoms with van der Waals surface area (Å²) in [4.78, 5) is 39.3. The molecule has 2 N–H and O–H groups in total. The lowest BCUT2D eigenvalue weighted by Gasteiger charge is -2.34. The van der Waals surface area contributed by atoms with Crippen LogP contribution in [0.15, 0.2) is 42.5 Å². The second-order valence-corrected chi connectivity index (χ2v) is 8.21. The first-order chi connectivity index (χ1) is 14.0. The van der Waals surface area contributed by atoms with Crippen molar-refractivity contribution < 1.29 is 19.5 Å². The molecule has 1 aliphatic carbocycles. The molecule has 2 aromatic rings. The van der Waals surface area contributed by atoms with E-state index in [4.69, 9.17) is 5.11 Å². The summed E-state index contributed by atoms with van der Waals surface area (Å²) in [5.74, 6) is -1.30. The van der Waals surface area contributed by atoms with Gasteiger partial charge < -0.3 is 15.3 Å². The molecule has 152 valence electrons. The van der Waals surface area contributed by atoms with E-state index in [2.05, 4.69) is 5.32 Å². The second kappa shape index (κ2) is 7.85. The van der Waals surface area contributed by atoms with Crippen LogP contribution in [0.3, 0.4) is 0 Å². The molecule has 2 aliphatic rings. The van der Waals surface area contributed by atoms with Crippen LogP contribution < -0.4 is 5.32 Å². The van der Waals surface area contributed by atoms with Gasteiger partial charge in [0.25, 0.3) is 5.91 Å². The zero-order valence-corrected chi connectivity index (χ0v) is 16.5. The summed E-state index contributed by atoms with van der Waals surface area (Å²) in [6, 6.07) is 11.9. The molecule has 1 heterocycles. The molecule has 6 nitrogen and oxygen atoms in total. The number of carboxylic acid groups (broad SMARTS) is 1. The number of rotatable bonds is 4. The first kappa shape index (κ1) is 19.4. The summed E-state index contributed by atoms with van der Waals surface area (Å²) >= 11 is 0. The molecule has 2 fully saturated rings. The molecule has 6 heteroatoms. The Morgan fingerprint density at radius 1 is 1.07 bits per heavy atom. The minimum absolute atomic E-state index is 0.0404. The van der Waals surface area contributed by atoms with Gasteiger partial charge in [-0.05, 0) is 55.0 Å². The zero-order chi connectivity index (χ0) is 20.5. The molecule has 0 spiro atoms. The molecule has 4 unspecified atom stereocenters. The first-order valence-electron chi connectivity index (χ1n) is 10.3. The number of aliphatic carboxylic acids is 1. The van der Waals surface area contributed by atoms with Crippen LogP contribution >= 0.6 is 0 Å². The highest BCUT2D eigenvalue weighted by molar-refractivity contribution is 6.01. The number of nitrogens with one attached hydrogen (secondary N) is 1. The predicted molar refractivity (Wildman–Crippen MR) is 110 cm³/mol. The summed E-state index contributed by atoms with van der Waals surface area (Å²) in [5.41, 5.74) is 0.569. The minimum atomic E-state index is -1.08. The highest BCUT2D eigenvalue weighted by Gasteiger charge is 2.47. The Balaban J connectivity index is 1.65. The first-order valence-corrected chi connectivity index (χ1v) is 10.3. The van der Waals surface area contributed by atoms with Crippen molar-refractivity contribution in [2.45, 2.75) is 57.2 Å². The number of likely N-dealkylation sites (tertiary alicyclic amines) is 1. The smallest absolute Gasteiger partial charge is 0.325 e. The number of fused-ring (bicyclic) bond motifs is 2. The third-order valence-electron chi connectivity index (χ3n) is 6.35. The third-order valence-corrected chi connectivity index (χ3v) is 6.35. The molecule has 0 aromatic heterocycles. The lowest BCUT2D eigenvalue weighted by atomic mass is 9.84. The van der Waals surface area contributed by atoms with E-state index in [-0.39, 0.29) is 17.9 Å². The summed E-state index contributed by atoms with van der Waals surface area (Å²) in [6.45, 7) is 1.44. The summed E-state index contributed by atoms with van der Waals surface area (Å²) in [5, 5.41) is 13.7. The van der Waals surface area contributed by atoms with Crippen LogP contribution in [0.5, 0.6) is 0 Å². The van der Waals surface area contributed by atoms with E-state index in [0.717, 1.165) is 36.5 Å². The monoisotopic (exact) mass is 394 g/mol. The van der Waals surface area contributed by atoms with Crippen LogP contribution in [0.2, 0.25) is 0 Å². The molecule has 0 radical (unpaired) electrons. The van der Waals surface area contributed by atoms with Gasteiger partial charge in [-0.2, -0.15) is 0 Å². The molecule has 1 aliphatic heterocycles. The van der Waals surface area contributed by atoms with Gasteiger partial charge in [-0.25, -0.2) is 0 Å². The van der Waals surface area contributed by atoms with E-state index < -0.39 is 18.1 Å². The number of carboxylic acids is 1. The van der Waals surface area contributed by atoms with Crippen LogP contribution in [0.25, 0.3) is 10.8 Å². The van der Waals surface area contributed by atoms with Crippen LogP contribution in [0.4, 0.5) is 0 Å². The minimum Gasteiger partial charge on any atom is -0.480 e. The fraction of sp³-hybridized carbons (Fsp3) is 0.435. The lowest BCUT2D eigenvalue weighted by molar-refractivity contribution is -0.141. The van der Waals surface area contributed by atoms with Gasteiger partial charge in [0.15, 0.2) is 0 Å². The van der Waals surface area contributed by atoms with Gasteiger partial charge in [0.05, 0.1) is 0 Å². The third kappa shape index (κ3) is 3.71. The maximum atomic E-state index is 13.5. The van der Waals surface area contributed by atoms with Gasteiger partial charge in [0.2, 0.25) is 5.91 Å². The fourth-order valence-electron chi connectivity index (χ4n) is 4.83. The maximum Gasteiger partial charge on any atom is 0.325 e. The molecule has 2 amide bonds. The van der Waals surface area contributed by atoms with E-state index in [1.807, 2.05) is 42.5 Å². The van der Waals surface area contributed by atoms with E-state index in [9.17, 15) is 14.4 Å². The Bertz CT molecular complexity index is 957. The topological polar surface area (TPSA) is 86.7 Å². The van der Waals surface area contributed by atoms with E-state index in [1.165, 1.54) is 6.92 Å². The van der Waals surface area contributed by atoms with Crippen molar-refractivity contribution in [3.8, 4) is 0 Å². The fourth-order valence-corrected chi connectivity index (χ4v) is 4.83. The normalized spacial score (nSPS) is 24.7. The number of benzene rings is 2. The Morgan fingerprint density at radius 2 is 1.79 bits per heavy atom. The Kier molecular flexibility index (Phi) is 5.26. The van der Waals surface area contributed by atoms with Crippen molar-refractivity contribution in [1.29, 1.82) is 0 Å². The molecule has 2 aromatic carbocycles. The molecular weight excluding hydrogens is 368 g/mol. The number of carbonyl (C=O) groups excluding carboxylic acids is 2. The van der Waals surface area contributed by atoms with Crippen molar-refractivity contribution in [1.82, 2.24) is 10.2 Å². The van der Waals surface area contributed by atoms with Crippen LogP contribution in [-0.2, 0) is 9.59 Å². The molecule has 4 atom stereocenters. The predicted octanol–water partition coefficient (Wildman–Crippen LogP) is 3.20. The maximum absolute atomic E-state index is 13.5. The van der Waals surface area contributed by atoms with E-state index in [0.29, 0.717) is 17.9 Å². The number of amides is 2. The van der Waals surface area contributed by atoms with Crippen LogP contribution in [-0.4, -0.2) is 45.9 Å². The van der Waals surface area contributed by atoms with E-state index in [1.54, 1.807) is 4.90 Å². The average Bonchev–Trinajstić information content (AvgIpc) is 3.12. The molecule has 1 saturated heterocycles. The standard InChI is InChI=1S/C23H26N2O4/c1-14(23(28)29)24-21(26)20-13-17-8-4-5-9-19(17)25(20)22(27)18-11-10-15-6-2-3-7-16(15)12-18/h2-3,6-7,10-12,14,17,19-20H,4-5,8-9,13H2,1H3,(H,24,26)(H,28,29). The van der Waals surface area contributed by atoms with Gasteiger partial charge >= 0.3 is 5.97 Å². The summed E-state index contributed by atoms with van der Waals surface area (Å²) < 4.78 is 0. The van der Waals surface area contributed by atoms with Gasteiger partial charge in [-0.1, -0.05) is 43.2 Å². The molecular formula is C23H26N2O4. The Morgan fingerprint density at radius 3 is 2.55 bits per heavy atom. The summed E-state index contributed by atoms with van der Waals surface area (Å²) in [7, 11) is 0. The van der Waals surface area contributed by atoms with Gasteiger partial charge in [0, 0.05) is 11.6 Å². The van der Waals surface area contributed by atoms with Crippen molar-refractivity contribution >= 4 is 28.6 Å². The number of carbonyl (C=O) groups is 3. The van der Waals surface area contributed by atoms with Crippen molar-refractivity contribution in [2.75, 3.05) is 0 Å². The van der Waals surface area contributed by atoms with Crippen LogP contribution in [0, 0.1) is 5.92 Å². The molecule has 0 bridgehead atoms. The Labute approximate surface area is 169 Å². The molecule has 1 saturated carbocycles. The van der Waals surface area contributed by atoms with Gasteiger partial charge in [0.1, 0.15) is 12.1 Å². The SMILES string of the molecule is CC(NC(=O)C1CC2CCCCC2N1C(=O)c1ccc2ccccc2c1)C(=O)O. The van der Waals surface area contributed by atoms with Gasteiger partial charge in [-0.3, -0.25) is 14.4 Å². The number of nitrogens with zero attached hydrogens (tertiary/aromatic N) is 1. The highest BCUT2D eigenvalue weighted by atomic mass is 16.4. The van der Waals surface area contributed by atoms with Gasteiger partial charge in [-0.15, -0.1) is 0 Å². The van der Waals surface area contributed by atoms with E-state index >= 15 is 0 Å². The van der Waals surface area contributed by atoms with Crippen molar-refractivity contribution in [3.63, 3.8) is 0 Å². The van der Waals surface area contributed by atoms with Crippen LogP contribution in [0.1, 0.15) is 49.4 Å². The van der Waals surface area contributed by atoms with Crippen molar-refractivity contribution in [3.05, 3.63) is 48.0 Å². The quantitative estimate of drug-likeness (QED) is 0.834. The summed E-state index contributed by atoms with van der Waals surface area (Å²) in [6.07, 6.45) is 4.65. The average molecular weight is 394 g/mol. The lowest BCUT2D eigenvalue weighted by Crippen LogP contribution is -2.52. The molecule has 29 heavy (non-hydrogen) atoms. The Hall–Kier alpha value is -2.89. The zero-order valence-electron chi connectivity index (χ0n) is 16.5. The number of hydrogen-bond acceptors (Lipinski definition) is 3. The molecule has 4 rings (SSSR count). The number of hydrogen-bond donors (Lipinski definition) is 2. The van der Waals surface area contributed by atoms with Crippen molar-refractivity contribution in [2.24, 2.45) is 5.92 Å². The highest BCUT2D eigenvalue weighted by Crippen LogP contribution is 2.40. The largest absolute Gasteiger partial charge is 0.480 e. The second-order valence-electron chi connectivity index (χ2n) is 8.21.